The molecule has 4 aromatic rings. The van der Waals surface area contributed by atoms with Gasteiger partial charge in [-0.3, -0.25) is 10.1 Å². The number of carbonyl (C=O) groups is 1. The highest BCUT2D eigenvalue weighted by atomic mass is 35.5. The maximum atomic E-state index is 13.1. The number of carbonyl (C=O) groups excluding carboxylic acids is 1. The number of thiazole rings is 1. The summed E-state index contributed by atoms with van der Waals surface area (Å²) in [5.41, 5.74) is 6.23. The summed E-state index contributed by atoms with van der Waals surface area (Å²) < 4.78 is 5.30. The van der Waals surface area contributed by atoms with Crippen molar-refractivity contribution in [3.05, 3.63) is 75.3 Å². The van der Waals surface area contributed by atoms with Crippen LogP contribution in [-0.4, -0.2) is 16.0 Å². The fourth-order valence-electron chi connectivity index (χ4n) is 3.99. The lowest BCUT2D eigenvalue weighted by Crippen LogP contribution is -2.13. The molecule has 0 atom stereocenters. The molecule has 0 spiro atoms. The fourth-order valence-corrected chi connectivity index (χ4v) is 4.93. The maximum Gasteiger partial charge on any atom is 0.263 e. The molecule has 5 rings (SSSR count). The first-order valence-electron chi connectivity index (χ1n) is 10.2. The molecule has 5 nitrogen and oxygen atoms in total. The SMILES string of the molecule is Cc1onc(-c2ccccc2Cl)c1C(=O)Nc1nc(-c2ccc3c(c2)CCCC3)cs1. The predicted molar refractivity (Wildman–Crippen MR) is 124 cm³/mol. The van der Waals surface area contributed by atoms with E-state index in [0.29, 0.717) is 32.7 Å². The van der Waals surface area contributed by atoms with Crippen LogP contribution in [0.4, 0.5) is 5.13 Å². The Bertz CT molecular complexity index is 1280. The zero-order chi connectivity index (χ0) is 21.4. The van der Waals surface area contributed by atoms with Crippen molar-refractivity contribution < 1.29 is 9.32 Å². The molecule has 0 saturated heterocycles. The van der Waals surface area contributed by atoms with E-state index in [1.54, 1.807) is 13.0 Å². The van der Waals surface area contributed by atoms with Crippen molar-refractivity contribution in [3.63, 3.8) is 0 Å². The molecule has 2 aromatic heterocycles. The molecule has 0 fully saturated rings. The van der Waals surface area contributed by atoms with Crippen molar-refractivity contribution >= 4 is 34.0 Å². The average molecular weight is 450 g/mol. The highest BCUT2D eigenvalue weighted by Gasteiger charge is 2.24. The van der Waals surface area contributed by atoms with E-state index in [4.69, 9.17) is 16.1 Å². The summed E-state index contributed by atoms with van der Waals surface area (Å²) in [6, 6.07) is 13.8. The van der Waals surface area contributed by atoms with Gasteiger partial charge in [0, 0.05) is 16.5 Å². The van der Waals surface area contributed by atoms with Crippen molar-refractivity contribution in [2.24, 2.45) is 0 Å². The average Bonchev–Trinajstić information content (AvgIpc) is 3.40. The second-order valence-corrected chi connectivity index (χ2v) is 8.89. The van der Waals surface area contributed by atoms with E-state index in [0.717, 1.165) is 24.1 Å². The van der Waals surface area contributed by atoms with Gasteiger partial charge in [0.1, 0.15) is 17.0 Å². The first kappa shape index (κ1) is 20.0. The first-order chi connectivity index (χ1) is 15.1. The molecule has 31 heavy (non-hydrogen) atoms. The van der Waals surface area contributed by atoms with Crippen molar-refractivity contribution in [1.82, 2.24) is 10.1 Å². The summed E-state index contributed by atoms with van der Waals surface area (Å²) in [6.07, 6.45) is 4.77. The van der Waals surface area contributed by atoms with Crippen LogP contribution in [0.25, 0.3) is 22.5 Å². The smallest absolute Gasteiger partial charge is 0.263 e. The Morgan fingerprint density at radius 2 is 1.94 bits per heavy atom. The van der Waals surface area contributed by atoms with Crippen molar-refractivity contribution in [2.45, 2.75) is 32.6 Å². The molecule has 2 aromatic carbocycles. The molecule has 0 unspecified atom stereocenters. The van der Waals surface area contributed by atoms with Crippen LogP contribution in [-0.2, 0) is 12.8 Å². The number of benzene rings is 2. The van der Waals surface area contributed by atoms with E-state index in [1.165, 1.54) is 35.3 Å². The summed E-state index contributed by atoms with van der Waals surface area (Å²) in [7, 11) is 0. The van der Waals surface area contributed by atoms with Gasteiger partial charge >= 0.3 is 0 Å². The Labute approximate surface area is 189 Å². The van der Waals surface area contributed by atoms with Crippen LogP contribution in [0.5, 0.6) is 0 Å². The molecule has 2 heterocycles. The Morgan fingerprint density at radius 1 is 1.13 bits per heavy atom. The third kappa shape index (κ3) is 3.89. The standard InChI is InChI=1S/C24H20ClN3O2S/c1-14-21(22(28-30-14)18-8-4-5-9-19(18)25)23(29)27-24-26-20(13-31-24)17-11-10-15-6-2-3-7-16(15)12-17/h4-5,8-13H,2-3,6-7H2,1H3,(H,26,27,29). The van der Waals surface area contributed by atoms with Gasteiger partial charge < -0.3 is 4.52 Å². The molecule has 156 valence electrons. The number of amides is 1. The molecule has 0 radical (unpaired) electrons. The lowest BCUT2D eigenvalue weighted by atomic mass is 9.90. The number of aryl methyl sites for hydroxylation is 3. The maximum absolute atomic E-state index is 13.1. The minimum absolute atomic E-state index is 0.319. The monoisotopic (exact) mass is 449 g/mol. The van der Waals surface area contributed by atoms with Gasteiger partial charge in [-0.05, 0) is 55.9 Å². The number of hydrogen-bond acceptors (Lipinski definition) is 5. The van der Waals surface area contributed by atoms with Crippen LogP contribution in [0.1, 0.15) is 40.1 Å². The van der Waals surface area contributed by atoms with Crippen molar-refractivity contribution in [3.8, 4) is 22.5 Å². The van der Waals surface area contributed by atoms with E-state index in [9.17, 15) is 4.79 Å². The summed E-state index contributed by atoms with van der Waals surface area (Å²) in [5, 5.41) is 9.97. The van der Waals surface area contributed by atoms with E-state index in [2.05, 4.69) is 33.7 Å². The third-order valence-electron chi connectivity index (χ3n) is 5.59. The van der Waals surface area contributed by atoms with E-state index in [-0.39, 0.29) is 5.91 Å². The highest BCUT2D eigenvalue weighted by molar-refractivity contribution is 7.14. The van der Waals surface area contributed by atoms with E-state index >= 15 is 0 Å². The largest absolute Gasteiger partial charge is 0.360 e. The van der Waals surface area contributed by atoms with Gasteiger partial charge in [-0.1, -0.05) is 47.1 Å². The normalized spacial score (nSPS) is 13.1. The summed E-state index contributed by atoms with van der Waals surface area (Å²) in [5.74, 6) is 0.110. The Balaban J connectivity index is 1.40. The molecule has 7 heteroatoms. The number of nitrogens with zero attached hydrogens (tertiary/aromatic N) is 2. The number of nitrogens with one attached hydrogen (secondary N) is 1. The zero-order valence-electron chi connectivity index (χ0n) is 16.9. The summed E-state index contributed by atoms with van der Waals surface area (Å²) >= 11 is 7.70. The molecule has 1 aliphatic rings. The van der Waals surface area contributed by atoms with Crippen molar-refractivity contribution in [2.75, 3.05) is 5.32 Å². The Morgan fingerprint density at radius 3 is 2.77 bits per heavy atom. The van der Waals surface area contributed by atoms with Gasteiger partial charge in [-0.15, -0.1) is 11.3 Å². The number of fused-ring (bicyclic) bond motifs is 1. The third-order valence-corrected chi connectivity index (χ3v) is 6.67. The van der Waals surface area contributed by atoms with Crippen molar-refractivity contribution in [1.29, 1.82) is 0 Å². The summed E-state index contributed by atoms with van der Waals surface area (Å²) in [4.78, 5) is 17.7. The Hall–Kier alpha value is -2.96. The number of anilines is 1. The van der Waals surface area contributed by atoms with Gasteiger partial charge in [0.25, 0.3) is 5.91 Å². The van der Waals surface area contributed by atoms with E-state index < -0.39 is 0 Å². The molecule has 1 N–H and O–H groups in total. The number of hydrogen-bond donors (Lipinski definition) is 1. The highest BCUT2D eigenvalue weighted by Crippen LogP contribution is 2.33. The van der Waals surface area contributed by atoms with Crippen LogP contribution in [0.2, 0.25) is 5.02 Å². The number of rotatable bonds is 4. The molecule has 1 aliphatic carbocycles. The number of aromatic nitrogens is 2. The number of halogens is 1. The van der Waals surface area contributed by atoms with Crippen LogP contribution in [0.15, 0.2) is 52.4 Å². The molecular formula is C24H20ClN3O2S. The topological polar surface area (TPSA) is 68.0 Å². The summed E-state index contributed by atoms with van der Waals surface area (Å²) in [6.45, 7) is 1.71. The Kier molecular flexibility index (Phi) is 5.34. The predicted octanol–water partition coefficient (Wildman–Crippen LogP) is 6.56. The molecule has 1 amide bonds. The molecule has 0 saturated carbocycles. The zero-order valence-corrected chi connectivity index (χ0v) is 18.5. The van der Waals surface area contributed by atoms with Crippen LogP contribution < -0.4 is 5.32 Å². The minimum Gasteiger partial charge on any atom is -0.360 e. The van der Waals surface area contributed by atoms with Crippen LogP contribution >= 0.6 is 22.9 Å². The van der Waals surface area contributed by atoms with Gasteiger partial charge in [0.05, 0.1) is 10.7 Å². The quantitative estimate of drug-likeness (QED) is 0.383. The van der Waals surface area contributed by atoms with Gasteiger partial charge in [0.2, 0.25) is 0 Å². The van der Waals surface area contributed by atoms with Gasteiger partial charge in [-0.2, -0.15) is 0 Å². The van der Waals surface area contributed by atoms with Gasteiger partial charge in [-0.25, -0.2) is 4.98 Å². The first-order valence-corrected chi connectivity index (χ1v) is 11.5. The molecule has 0 aliphatic heterocycles. The lowest BCUT2D eigenvalue weighted by molar-refractivity contribution is 0.102. The van der Waals surface area contributed by atoms with Gasteiger partial charge in [0.15, 0.2) is 5.13 Å². The molecular weight excluding hydrogens is 430 g/mol. The van der Waals surface area contributed by atoms with E-state index in [1.807, 2.05) is 23.6 Å². The second-order valence-electron chi connectivity index (χ2n) is 7.62. The second kappa shape index (κ2) is 8.29. The molecule has 0 bridgehead atoms. The van der Waals surface area contributed by atoms with Crippen LogP contribution in [0, 0.1) is 6.92 Å². The minimum atomic E-state index is -0.319. The van der Waals surface area contributed by atoms with Crippen LogP contribution in [0.3, 0.4) is 0 Å². The fraction of sp³-hybridized carbons (Fsp3) is 0.208. The lowest BCUT2D eigenvalue weighted by Gasteiger charge is -2.16.